The number of carbonyl (C=O) groups excluding carboxylic acids is 4. The summed E-state index contributed by atoms with van der Waals surface area (Å²) in [5, 5.41) is 27.3. The first-order valence-corrected chi connectivity index (χ1v) is 14.4. The molecule has 4 atom stereocenters. The smallest absolute Gasteiger partial charge is 0.326 e. The monoisotopic (exact) mass is 633 g/mol. The summed E-state index contributed by atoms with van der Waals surface area (Å²) in [6, 6.07) is 9.21. The number of aliphatic carboxylic acids is 2. The molecule has 2 heterocycles. The molecule has 15 nitrogen and oxygen atoms in total. The number of rotatable bonds is 16. The average molecular weight is 634 g/mol. The quantitative estimate of drug-likeness (QED) is 0.0805. The maximum absolute atomic E-state index is 13.7. The van der Waals surface area contributed by atoms with Gasteiger partial charge in [-0.3, -0.25) is 24.0 Å². The molecular formula is C31H35N7O8. The molecule has 4 aromatic rings. The molecule has 4 amide bonds. The Bertz CT molecular complexity index is 1760. The van der Waals surface area contributed by atoms with E-state index < -0.39 is 79.0 Å². The van der Waals surface area contributed by atoms with E-state index in [-0.39, 0.29) is 12.8 Å². The van der Waals surface area contributed by atoms with Crippen molar-refractivity contribution in [3.63, 3.8) is 0 Å². The molecule has 11 N–H and O–H groups in total. The highest BCUT2D eigenvalue weighted by Gasteiger charge is 2.32. The molecular weight excluding hydrogens is 598 g/mol. The third-order valence-electron chi connectivity index (χ3n) is 7.48. The molecule has 4 rings (SSSR count). The van der Waals surface area contributed by atoms with Crippen molar-refractivity contribution in [3.8, 4) is 0 Å². The first kappa shape index (κ1) is 33.2. The molecule has 0 bridgehead atoms. The molecule has 2 aromatic heterocycles. The number of hydrogen-bond acceptors (Lipinski definition) is 7. The maximum atomic E-state index is 13.7. The number of nitrogens with one attached hydrogen (secondary N) is 5. The second kappa shape index (κ2) is 14.9. The molecule has 0 aliphatic carbocycles. The van der Waals surface area contributed by atoms with Crippen molar-refractivity contribution in [2.75, 3.05) is 0 Å². The summed E-state index contributed by atoms with van der Waals surface area (Å²) >= 11 is 0. The van der Waals surface area contributed by atoms with Gasteiger partial charge in [0.15, 0.2) is 0 Å². The van der Waals surface area contributed by atoms with Gasteiger partial charge >= 0.3 is 11.9 Å². The lowest BCUT2D eigenvalue weighted by molar-refractivity contribution is -0.143. The van der Waals surface area contributed by atoms with Gasteiger partial charge in [0.2, 0.25) is 23.6 Å². The van der Waals surface area contributed by atoms with Crippen LogP contribution in [0.2, 0.25) is 0 Å². The molecule has 46 heavy (non-hydrogen) atoms. The highest BCUT2D eigenvalue weighted by atomic mass is 16.4. The number of fused-ring (bicyclic) bond motifs is 2. The van der Waals surface area contributed by atoms with Gasteiger partial charge in [-0.15, -0.1) is 0 Å². The highest BCUT2D eigenvalue weighted by Crippen LogP contribution is 2.21. The van der Waals surface area contributed by atoms with E-state index in [0.717, 1.165) is 27.4 Å². The Morgan fingerprint density at radius 2 is 1.20 bits per heavy atom. The number of nitrogens with two attached hydrogens (primary N) is 2. The van der Waals surface area contributed by atoms with Gasteiger partial charge in [-0.05, 0) is 36.1 Å². The van der Waals surface area contributed by atoms with Crippen LogP contribution in [0.1, 0.15) is 30.4 Å². The molecule has 0 saturated carbocycles. The van der Waals surface area contributed by atoms with E-state index in [9.17, 15) is 33.9 Å². The number of benzene rings is 2. The van der Waals surface area contributed by atoms with Crippen molar-refractivity contribution < 1.29 is 39.0 Å². The number of aromatic nitrogens is 2. The van der Waals surface area contributed by atoms with E-state index in [4.69, 9.17) is 16.6 Å². The fourth-order valence-corrected chi connectivity index (χ4v) is 5.12. The maximum Gasteiger partial charge on any atom is 0.326 e. The van der Waals surface area contributed by atoms with Crippen LogP contribution in [0.5, 0.6) is 0 Å². The van der Waals surface area contributed by atoms with Crippen molar-refractivity contribution in [3.05, 3.63) is 72.1 Å². The van der Waals surface area contributed by atoms with Crippen LogP contribution >= 0.6 is 0 Å². The van der Waals surface area contributed by atoms with Gasteiger partial charge in [0.1, 0.15) is 18.1 Å². The Labute approximate surface area is 262 Å². The average Bonchev–Trinajstić information content (AvgIpc) is 3.61. The summed E-state index contributed by atoms with van der Waals surface area (Å²) in [7, 11) is 0. The third-order valence-corrected chi connectivity index (χ3v) is 7.48. The van der Waals surface area contributed by atoms with Gasteiger partial charge in [-0.25, -0.2) is 4.79 Å². The van der Waals surface area contributed by atoms with Crippen LogP contribution in [0.25, 0.3) is 21.8 Å². The van der Waals surface area contributed by atoms with Crippen molar-refractivity contribution in [2.24, 2.45) is 11.5 Å². The number of carbonyl (C=O) groups is 6. The van der Waals surface area contributed by atoms with E-state index in [1.165, 1.54) is 0 Å². The van der Waals surface area contributed by atoms with Crippen LogP contribution in [-0.2, 0) is 41.6 Å². The van der Waals surface area contributed by atoms with Crippen molar-refractivity contribution >= 4 is 57.4 Å². The van der Waals surface area contributed by atoms with Crippen LogP contribution in [0.3, 0.4) is 0 Å². The van der Waals surface area contributed by atoms with E-state index >= 15 is 0 Å². The molecule has 2 aromatic carbocycles. The van der Waals surface area contributed by atoms with Crippen LogP contribution in [0.15, 0.2) is 60.9 Å². The molecule has 4 unspecified atom stereocenters. The first-order valence-electron chi connectivity index (χ1n) is 14.4. The summed E-state index contributed by atoms with van der Waals surface area (Å²) in [5.74, 6) is -6.35. The molecule has 0 fully saturated rings. The largest absolute Gasteiger partial charge is 0.481 e. The number of para-hydroxylation sites is 2. The zero-order chi connectivity index (χ0) is 33.4. The van der Waals surface area contributed by atoms with Crippen molar-refractivity contribution in [1.29, 1.82) is 0 Å². The highest BCUT2D eigenvalue weighted by molar-refractivity contribution is 5.97. The molecule has 0 saturated heterocycles. The topological polar surface area (TPSA) is 263 Å². The van der Waals surface area contributed by atoms with Gasteiger partial charge in [0.25, 0.3) is 0 Å². The number of carboxylic acids is 2. The van der Waals surface area contributed by atoms with Gasteiger partial charge in [-0.2, -0.15) is 0 Å². The molecule has 15 heteroatoms. The standard InChI is InChI=1S/C31H35N7O8/c32-20(11-16-14-34-21-7-3-1-5-18(16)21)28(42)37-24(12-17-15-35-22-8-4-2-6-19(17)22)29(43)38-25(13-26(33)39)30(44)36-23(31(45)46)9-10-27(40)41/h1-8,14-15,20,23-25,34-35H,9-13,32H2,(H2,33,39)(H,36,44)(H,37,42)(H,38,43)(H,40,41)(H,45,46). The van der Waals surface area contributed by atoms with Gasteiger partial charge in [-0.1, -0.05) is 36.4 Å². The predicted molar refractivity (Wildman–Crippen MR) is 166 cm³/mol. The minimum Gasteiger partial charge on any atom is -0.481 e. The van der Waals surface area contributed by atoms with Crippen LogP contribution in [-0.4, -0.2) is 79.9 Å². The summed E-state index contributed by atoms with van der Waals surface area (Å²) in [5.41, 5.74) is 14.7. The zero-order valence-electron chi connectivity index (χ0n) is 24.6. The molecule has 0 radical (unpaired) electrons. The van der Waals surface area contributed by atoms with Crippen LogP contribution in [0.4, 0.5) is 0 Å². The molecule has 0 aliphatic heterocycles. The predicted octanol–water partition coefficient (Wildman–Crippen LogP) is 0.0409. The Morgan fingerprint density at radius 1 is 0.696 bits per heavy atom. The van der Waals surface area contributed by atoms with Gasteiger partial charge in [0.05, 0.1) is 12.5 Å². The summed E-state index contributed by atoms with van der Waals surface area (Å²) in [4.78, 5) is 80.7. The Morgan fingerprint density at radius 3 is 1.74 bits per heavy atom. The minimum absolute atomic E-state index is 0.0390. The number of primary amides is 1. The minimum atomic E-state index is -1.63. The Kier molecular flexibility index (Phi) is 10.7. The number of aromatic amines is 2. The van der Waals surface area contributed by atoms with Crippen LogP contribution < -0.4 is 27.4 Å². The third kappa shape index (κ3) is 8.47. The zero-order valence-corrected chi connectivity index (χ0v) is 24.6. The molecule has 0 aliphatic rings. The van der Waals surface area contributed by atoms with Crippen molar-refractivity contribution in [2.45, 2.75) is 56.3 Å². The Balaban J connectivity index is 1.55. The van der Waals surface area contributed by atoms with Gasteiger partial charge in [0, 0.05) is 47.0 Å². The fourth-order valence-electron chi connectivity index (χ4n) is 5.12. The SMILES string of the molecule is NC(=O)CC(NC(=O)C(Cc1c[nH]c2ccccc12)NC(=O)C(N)Cc1c[nH]c2ccccc12)C(=O)NC(CCC(=O)O)C(=O)O. The summed E-state index contributed by atoms with van der Waals surface area (Å²) < 4.78 is 0. The number of amides is 4. The Hall–Kier alpha value is -5.70. The first-order chi connectivity index (χ1) is 21.9. The van der Waals surface area contributed by atoms with Crippen molar-refractivity contribution in [1.82, 2.24) is 25.9 Å². The lowest BCUT2D eigenvalue weighted by Gasteiger charge is -2.25. The van der Waals surface area contributed by atoms with E-state index in [1.54, 1.807) is 18.5 Å². The summed E-state index contributed by atoms with van der Waals surface area (Å²) in [6.45, 7) is 0. The molecule has 0 spiro atoms. The van der Waals surface area contributed by atoms with E-state index in [1.807, 2.05) is 42.5 Å². The summed E-state index contributed by atoms with van der Waals surface area (Å²) in [6.07, 6.45) is 1.84. The lowest BCUT2D eigenvalue weighted by atomic mass is 10.0. The van der Waals surface area contributed by atoms with E-state index in [0.29, 0.717) is 5.56 Å². The number of H-pyrrole nitrogens is 2. The normalized spacial score (nSPS) is 13.8. The number of hydrogen-bond donors (Lipinski definition) is 9. The van der Waals surface area contributed by atoms with Gasteiger partial charge < -0.3 is 47.6 Å². The second-order valence-electron chi connectivity index (χ2n) is 10.9. The molecule has 242 valence electrons. The fraction of sp³-hybridized carbons (Fsp3) is 0.290. The second-order valence-corrected chi connectivity index (χ2v) is 10.9. The number of carboxylic acid groups (broad SMARTS) is 2. The van der Waals surface area contributed by atoms with E-state index in [2.05, 4.69) is 25.9 Å². The van der Waals surface area contributed by atoms with Crippen LogP contribution in [0, 0.1) is 0 Å². The lowest BCUT2D eigenvalue weighted by Crippen LogP contribution is -2.58.